The van der Waals surface area contributed by atoms with Crippen molar-refractivity contribution in [2.75, 3.05) is 18.0 Å². The van der Waals surface area contributed by atoms with Crippen molar-refractivity contribution < 1.29 is 17.9 Å². The van der Waals surface area contributed by atoms with Crippen molar-refractivity contribution in [3.8, 4) is 0 Å². The molecular formula is C17H20N2O4S2. The molecule has 6 nitrogen and oxygen atoms in total. The molecule has 2 aromatic rings. The summed E-state index contributed by atoms with van der Waals surface area (Å²) in [6, 6.07) is 10.9. The van der Waals surface area contributed by atoms with E-state index in [-0.39, 0.29) is 10.8 Å². The van der Waals surface area contributed by atoms with E-state index >= 15 is 0 Å². The van der Waals surface area contributed by atoms with Crippen LogP contribution < -0.4 is 9.62 Å². The summed E-state index contributed by atoms with van der Waals surface area (Å²) in [5.74, 6) is 0. The molecular weight excluding hydrogens is 360 g/mol. The number of nitrogens with one attached hydrogen (secondary N) is 1. The van der Waals surface area contributed by atoms with E-state index < -0.39 is 22.2 Å². The maximum Gasteiger partial charge on any atom is 0.414 e. The number of anilines is 1. The smallest absolute Gasteiger partial charge is 0.414 e. The third-order valence-electron chi connectivity index (χ3n) is 3.97. The number of aryl methyl sites for hydroxylation is 2. The highest BCUT2D eigenvalue weighted by Crippen LogP contribution is 2.24. The number of benzene rings is 1. The van der Waals surface area contributed by atoms with Crippen molar-refractivity contribution in [3.05, 3.63) is 46.8 Å². The minimum absolute atomic E-state index is 0.0514. The Kier molecular flexibility index (Phi) is 5.12. The molecule has 1 aliphatic heterocycles. The zero-order chi connectivity index (χ0) is 18.0. The molecule has 1 fully saturated rings. The number of cyclic esters (lactones) is 1. The summed E-state index contributed by atoms with van der Waals surface area (Å²) in [7, 11) is -3.58. The number of nitrogens with zero attached hydrogens (tertiary/aromatic N) is 1. The fourth-order valence-electron chi connectivity index (χ4n) is 2.53. The van der Waals surface area contributed by atoms with Gasteiger partial charge in [0.1, 0.15) is 10.3 Å². The van der Waals surface area contributed by atoms with Gasteiger partial charge in [0, 0.05) is 17.1 Å². The molecule has 1 atom stereocenters. The van der Waals surface area contributed by atoms with Crippen LogP contribution in [-0.2, 0) is 21.2 Å². The molecule has 1 amide bonds. The van der Waals surface area contributed by atoms with Crippen molar-refractivity contribution in [3.63, 3.8) is 0 Å². The van der Waals surface area contributed by atoms with Gasteiger partial charge in [0.05, 0.1) is 6.54 Å². The lowest BCUT2D eigenvalue weighted by Gasteiger charge is -2.13. The van der Waals surface area contributed by atoms with Gasteiger partial charge in [-0.05, 0) is 37.6 Å². The van der Waals surface area contributed by atoms with Crippen LogP contribution in [0.1, 0.15) is 17.4 Å². The Morgan fingerprint density at radius 1 is 1.24 bits per heavy atom. The van der Waals surface area contributed by atoms with Crippen LogP contribution in [0.3, 0.4) is 0 Å². The maximum absolute atomic E-state index is 12.3. The molecule has 0 spiro atoms. The number of sulfonamides is 1. The molecule has 134 valence electrons. The van der Waals surface area contributed by atoms with E-state index in [4.69, 9.17) is 4.74 Å². The molecule has 3 rings (SSSR count). The minimum atomic E-state index is -3.58. The first-order chi connectivity index (χ1) is 11.9. The van der Waals surface area contributed by atoms with Crippen LogP contribution in [0.15, 0.2) is 40.6 Å². The average molecular weight is 380 g/mol. The van der Waals surface area contributed by atoms with Gasteiger partial charge in [0.15, 0.2) is 0 Å². The first kappa shape index (κ1) is 17.9. The van der Waals surface area contributed by atoms with Crippen LogP contribution in [0.5, 0.6) is 0 Å². The predicted molar refractivity (Wildman–Crippen MR) is 97.7 cm³/mol. The molecule has 8 heteroatoms. The normalized spacial score (nSPS) is 17.8. The summed E-state index contributed by atoms with van der Waals surface area (Å²) in [6.45, 7) is 4.32. The summed E-state index contributed by atoms with van der Waals surface area (Å²) in [5, 5.41) is 0. The molecule has 2 heterocycles. The fourth-order valence-corrected chi connectivity index (χ4v) is 4.94. The second kappa shape index (κ2) is 7.15. The second-order valence-electron chi connectivity index (χ2n) is 5.88. The Labute approximate surface area is 151 Å². The van der Waals surface area contributed by atoms with E-state index in [1.165, 1.54) is 16.2 Å². The van der Waals surface area contributed by atoms with Crippen LogP contribution in [0.2, 0.25) is 0 Å². The molecule has 1 aliphatic rings. The highest BCUT2D eigenvalue weighted by molar-refractivity contribution is 7.91. The topological polar surface area (TPSA) is 75.7 Å². The monoisotopic (exact) mass is 380 g/mol. The summed E-state index contributed by atoms with van der Waals surface area (Å²) < 4.78 is 32.8. The quantitative estimate of drug-likeness (QED) is 0.836. The number of ether oxygens (including phenoxy) is 1. The van der Waals surface area contributed by atoms with Crippen LogP contribution in [0.4, 0.5) is 10.5 Å². The molecule has 1 aromatic heterocycles. The lowest BCUT2D eigenvalue weighted by Crippen LogP contribution is -2.34. The van der Waals surface area contributed by atoms with Crippen molar-refractivity contribution in [1.29, 1.82) is 0 Å². The third-order valence-corrected chi connectivity index (χ3v) is 7.12. The Morgan fingerprint density at radius 2 is 1.96 bits per heavy atom. The zero-order valence-corrected chi connectivity index (χ0v) is 15.7. The SMILES string of the molecule is CCc1ccc(S(=O)(=O)NCC2CN(c3ccc(C)cc3)C(=O)O2)s1. The molecule has 0 saturated carbocycles. The summed E-state index contributed by atoms with van der Waals surface area (Å²) in [6.07, 6.45) is -0.182. The number of thiophene rings is 1. The Bertz CT molecular complexity index is 859. The van der Waals surface area contributed by atoms with Crippen molar-refractivity contribution >= 4 is 33.1 Å². The van der Waals surface area contributed by atoms with Gasteiger partial charge in [-0.15, -0.1) is 11.3 Å². The van der Waals surface area contributed by atoms with Crippen molar-refractivity contribution in [2.45, 2.75) is 30.6 Å². The lowest BCUT2D eigenvalue weighted by molar-refractivity contribution is 0.143. The Balaban J connectivity index is 1.62. The maximum atomic E-state index is 12.3. The number of rotatable bonds is 6. The van der Waals surface area contributed by atoms with Gasteiger partial charge < -0.3 is 4.74 Å². The first-order valence-electron chi connectivity index (χ1n) is 8.02. The molecule has 1 unspecified atom stereocenters. The number of hydrogen-bond acceptors (Lipinski definition) is 5. The van der Waals surface area contributed by atoms with Gasteiger partial charge in [-0.1, -0.05) is 24.6 Å². The molecule has 0 aliphatic carbocycles. The highest BCUT2D eigenvalue weighted by Gasteiger charge is 2.33. The molecule has 1 N–H and O–H groups in total. The van der Waals surface area contributed by atoms with E-state index in [1.54, 1.807) is 6.07 Å². The summed E-state index contributed by atoms with van der Waals surface area (Å²) in [5.41, 5.74) is 1.84. The largest absolute Gasteiger partial charge is 0.443 e. The molecule has 1 saturated heterocycles. The Hall–Kier alpha value is -1.90. The van der Waals surface area contributed by atoms with Gasteiger partial charge in [0.2, 0.25) is 10.0 Å². The Morgan fingerprint density at radius 3 is 2.60 bits per heavy atom. The van der Waals surface area contributed by atoms with E-state index in [0.717, 1.165) is 22.5 Å². The number of hydrogen-bond donors (Lipinski definition) is 1. The van der Waals surface area contributed by atoms with E-state index in [2.05, 4.69) is 4.72 Å². The summed E-state index contributed by atoms with van der Waals surface area (Å²) >= 11 is 1.25. The van der Waals surface area contributed by atoms with Crippen molar-refractivity contribution in [2.24, 2.45) is 0 Å². The van der Waals surface area contributed by atoms with Gasteiger partial charge in [-0.2, -0.15) is 0 Å². The van der Waals surface area contributed by atoms with Gasteiger partial charge in [-0.3, -0.25) is 4.90 Å². The van der Waals surface area contributed by atoms with Crippen molar-refractivity contribution in [1.82, 2.24) is 4.72 Å². The average Bonchev–Trinajstić information content (AvgIpc) is 3.21. The van der Waals surface area contributed by atoms with Crippen LogP contribution in [0.25, 0.3) is 0 Å². The molecule has 0 radical (unpaired) electrons. The predicted octanol–water partition coefficient (Wildman–Crippen LogP) is 2.92. The number of amides is 1. The van der Waals surface area contributed by atoms with Gasteiger partial charge >= 0.3 is 6.09 Å². The van der Waals surface area contributed by atoms with Crippen LogP contribution >= 0.6 is 11.3 Å². The molecule has 1 aromatic carbocycles. The minimum Gasteiger partial charge on any atom is -0.443 e. The molecule has 0 bridgehead atoms. The van der Waals surface area contributed by atoms with E-state index in [1.807, 2.05) is 44.2 Å². The van der Waals surface area contributed by atoms with Crippen LogP contribution in [0, 0.1) is 6.92 Å². The fraction of sp³-hybridized carbons (Fsp3) is 0.353. The second-order valence-corrected chi connectivity index (χ2v) is 9.04. The molecule has 25 heavy (non-hydrogen) atoms. The number of carbonyl (C=O) groups excluding carboxylic acids is 1. The standard InChI is InChI=1S/C17H20N2O4S2/c1-3-15-8-9-16(24-15)25(21,22)18-10-14-11-19(17(20)23-14)13-6-4-12(2)5-7-13/h4-9,14,18H,3,10-11H2,1-2H3. The lowest BCUT2D eigenvalue weighted by atomic mass is 10.2. The third kappa shape index (κ3) is 4.02. The summed E-state index contributed by atoms with van der Waals surface area (Å²) in [4.78, 5) is 14.6. The zero-order valence-electron chi connectivity index (χ0n) is 14.1. The van der Waals surface area contributed by atoms with Gasteiger partial charge in [0.25, 0.3) is 0 Å². The number of carbonyl (C=O) groups is 1. The van der Waals surface area contributed by atoms with E-state index in [0.29, 0.717) is 6.54 Å². The van der Waals surface area contributed by atoms with E-state index in [9.17, 15) is 13.2 Å². The van der Waals surface area contributed by atoms with Crippen LogP contribution in [-0.4, -0.2) is 33.7 Å². The van der Waals surface area contributed by atoms with Gasteiger partial charge in [-0.25, -0.2) is 17.9 Å². The highest BCUT2D eigenvalue weighted by atomic mass is 32.2. The first-order valence-corrected chi connectivity index (χ1v) is 10.3.